The Kier molecular flexibility index (Phi) is 7.62. The summed E-state index contributed by atoms with van der Waals surface area (Å²) in [6.07, 6.45) is 1.94. The van der Waals surface area contributed by atoms with E-state index in [0.717, 1.165) is 28.2 Å². The Hall–Kier alpha value is -7.36. The minimum absolute atomic E-state index is 0.174. The van der Waals surface area contributed by atoms with Crippen LogP contribution in [0.5, 0.6) is 0 Å². The van der Waals surface area contributed by atoms with Crippen molar-refractivity contribution in [1.29, 1.82) is 0 Å². The van der Waals surface area contributed by atoms with Crippen LogP contribution < -0.4 is 0 Å². The monoisotopic (exact) mass is 781 g/mol. The van der Waals surface area contributed by atoms with E-state index in [1.807, 2.05) is 12.3 Å². The highest BCUT2D eigenvalue weighted by molar-refractivity contribution is 6.09. The summed E-state index contributed by atoms with van der Waals surface area (Å²) >= 11 is 0. The number of benzene rings is 7. The maximum atomic E-state index is 5.94. The van der Waals surface area contributed by atoms with Crippen LogP contribution in [0.25, 0.3) is 49.9 Å². The van der Waals surface area contributed by atoms with Gasteiger partial charge in [0.2, 0.25) is 0 Å². The van der Waals surface area contributed by atoms with Crippen LogP contribution in [-0.4, -0.2) is 14.5 Å². The van der Waals surface area contributed by atoms with Crippen molar-refractivity contribution in [2.45, 2.75) is 37.0 Å². The molecule has 0 unspecified atom stereocenters. The fourth-order valence-electron chi connectivity index (χ4n) is 10.9. The minimum Gasteiger partial charge on any atom is -0.294 e. The summed E-state index contributed by atoms with van der Waals surface area (Å²) in [6.45, 7) is 6.95. The molecular weight excluding hydrogens is 739 g/mol. The zero-order valence-electron chi connectivity index (χ0n) is 34.5. The summed E-state index contributed by atoms with van der Waals surface area (Å²) < 4.78 is 2.38. The number of nitrogens with zero attached hydrogens (tertiary/aromatic N) is 3. The lowest BCUT2D eigenvalue weighted by Gasteiger charge is -2.37. The zero-order valence-corrected chi connectivity index (χ0v) is 34.5. The largest absolute Gasteiger partial charge is 0.294 e. The van der Waals surface area contributed by atoms with Crippen LogP contribution in [0.1, 0.15) is 71.1 Å². The first-order valence-electron chi connectivity index (χ1n) is 21.3. The topological polar surface area (TPSA) is 30.7 Å². The third-order valence-electron chi connectivity index (χ3n) is 13.6. The van der Waals surface area contributed by atoms with Gasteiger partial charge in [0.15, 0.2) is 0 Å². The Bertz CT molecular complexity index is 3220. The van der Waals surface area contributed by atoms with E-state index < -0.39 is 10.8 Å². The molecule has 0 aliphatic heterocycles. The summed E-state index contributed by atoms with van der Waals surface area (Å²) in [5, 5.41) is 2.44. The van der Waals surface area contributed by atoms with E-state index >= 15 is 0 Å². The molecule has 0 atom stereocenters. The molecule has 12 rings (SSSR count). The highest BCUT2D eigenvalue weighted by Gasteiger charge is 2.51. The van der Waals surface area contributed by atoms with E-state index in [9.17, 15) is 0 Å². The molecule has 0 spiro atoms. The summed E-state index contributed by atoms with van der Waals surface area (Å²) in [5.74, 6) is 0.917. The first-order valence-corrected chi connectivity index (χ1v) is 21.3. The highest BCUT2D eigenvalue weighted by atomic mass is 15.1. The number of rotatable bonds is 5. The van der Waals surface area contributed by atoms with Gasteiger partial charge in [0, 0.05) is 17.0 Å². The molecule has 10 aromatic rings. The Balaban J connectivity index is 1.22. The molecule has 3 nitrogen and oxygen atoms in total. The van der Waals surface area contributed by atoms with Crippen molar-refractivity contribution in [2.24, 2.45) is 0 Å². The van der Waals surface area contributed by atoms with Gasteiger partial charge in [-0.15, -0.1) is 0 Å². The van der Waals surface area contributed by atoms with E-state index in [-0.39, 0.29) is 5.41 Å². The number of pyridine rings is 2. The molecule has 290 valence electrons. The minimum atomic E-state index is -0.763. The molecule has 3 heterocycles. The van der Waals surface area contributed by atoms with E-state index in [0.29, 0.717) is 0 Å². The summed E-state index contributed by atoms with van der Waals surface area (Å²) in [7, 11) is 0. The molecule has 0 radical (unpaired) electrons. The molecule has 2 aliphatic rings. The molecule has 7 aromatic carbocycles. The van der Waals surface area contributed by atoms with E-state index in [1.54, 1.807) is 0 Å². The Labute approximate surface area is 356 Å². The number of fused-ring (bicyclic) bond motifs is 9. The molecule has 3 heteroatoms. The predicted octanol–water partition coefficient (Wildman–Crippen LogP) is 13.6. The van der Waals surface area contributed by atoms with E-state index in [4.69, 9.17) is 9.97 Å². The fraction of sp³-hybridized carbons (Fsp3) is 0.103. The average molecular weight is 782 g/mol. The van der Waals surface area contributed by atoms with Gasteiger partial charge < -0.3 is 0 Å². The number of hydrogen-bond acceptors (Lipinski definition) is 2. The Morgan fingerprint density at radius 3 is 1.33 bits per heavy atom. The molecule has 0 saturated heterocycles. The van der Waals surface area contributed by atoms with Crippen molar-refractivity contribution in [2.75, 3.05) is 0 Å². The fourth-order valence-corrected chi connectivity index (χ4v) is 10.9. The summed E-state index contributed by atoms with van der Waals surface area (Å²) in [6, 6.07) is 73.8. The maximum absolute atomic E-state index is 5.94. The van der Waals surface area contributed by atoms with Gasteiger partial charge in [-0.3, -0.25) is 9.55 Å². The third-order valence-corrected chi connectivity index (χ3v) is 13.6. The van der Waals surface area contributed by atoms with Gasteiger partial charge in [-0.1, -0.05) is 185 Å². The van der Waals surface area contributed by atoms with Gasteiger partial charge in [0.05, 0.1) is 33.3 Å². The quantitative estimate of drug-likeness (QED) is 0.174. The van der Waals surface area contributed by atoms with Gasteiger partial charge in [0.25, 0.3) is 0 Å². The van der Waals surface area contributed by atoms with Crippen LogP contribution in [0.2, 0.25) is 0 Å². The second kappa shape index (κ2) is 13.1. The van der Waals surface area contributed by atoms with Crippen molar-refractivity contribution in [3.63, 3.8) is 0 Å². The average Bonchev–Trinajstić information content (AvgIpc) is 3.92. The van der Waals surface area contributed by atoms with Crippen LogP contribution in [0.4, 0.5) is 0 Å². The van der Waals surface area contributed by atoms with Gasteiger partial charge in [-0.2, -0.15) is 0 Å². The first-order chi connectivity index (χ1) is 29.9. The third kappa shape index (κ3) is 4.86. The lowest BCUT2D eigenvalue weighted by Crippen LogP contribution is -2.33. The van der Waals surface area contributed by atoms with Crippen molar-refractivity contribution >= 4 is 21.8 Å². The van der Waals surface area contributed by atoms with Crippen LogP contribution in [0, 0.1) is 0 Å². The van der Waals surface area contributed by atoms with Gasteiger partial charge in [-0.05, 0) is 103 Å². The Morgan fingerprint density at radius 2 is 0.852 bits per heavy atom. The second-order valence-electron chi connectivity index (χ2n) is 17.7. The van der Waals surface area contributed by atoms with Crippen LogP contribution in [0.3, 0.4) is 0 Å². The van der Waals surface area contributed by atoms with Crippen LogP contribution in [0.15, 0.2) is 206 Å². The van der Waals surface area contributed by atoms with Crippen LogP contribution in [-0.2, 0) is 16.2 Å². The standard InChI is InChI=1S/C58H43N3/c1-56(2,3)40-36-54(60-55(37-40)61-51-31-14-8-25-45(51)46-26-9-15-32-52(46)61)58(49-29-12-6-23-43(49)44-24-7-13-30-50(44)58)39-20-18-19-38(35-39)57(53-33-16-17-34-59-53)47-27-10-4-21-41(47)42-22-5-11-28-48(42)57/h4-37H,1-3H3. The SMILES string of the molecule is CC(C)(C)c1cc(-n2c3ccccc3c3ccccc32)nc(C2(c3cccc(C4(c5ccccn5)c5ccccc5-c5ccccc54)c3)c3ccccc3-c3ccccc32)c1. The number of para-hydroxylation sites is 2. The lowest BCUT2D eigenvalue weighted by molar-refractivity contribution is 0.584. The van der Waals surface area contributed by atoms with Crippen molar-refractivity contribution in [3.8, 4) is 28.1 Å². The van der Waals surface area contributed by atoms with Gasteiger partial charge in [-0.25, -0.2) is 4.98 Å². The molecule has 2 aliphatic carbocycles. The highest BCUT2D eigenvalue weighted by Crippen LogP contribution is 2.59. The molecule has 61 heavy (non-hydrogen) atoms. The smallest absolute Gasteiger partial charge is 0.138 e. The molecule has 0 N–H and O–H groups in total. The van der Waals surface area contributed by atoms with Crippen molar-refractivity contribution in [3.05, 3.63) is 257 Å². The molecular formula is C58H43N3. The lowest BCUT2D eigenvalue weighted by atomic mass is 9.65. The Morgan fingerprint density at radius 1 is 0.410 bits per heavy atom. The molecule has 3 aromatic heterocycles. The summed E-state index contributed by atoms with van der Waals surface area (Å²) in [5.41, 5.74) is 16.2. The van der Waals surface area contributed by atoms with Crippen molar-refractivity contribution < 1.29 is 0 Å². The van der Waals surface area contributed by atoms with Gasteiger partial charge in [0.1, 0.15) is 5.82 Å². The number of aromatic nitrogens is 3. The van der Waals surface area contributed by atoms with E-state index in [1.165, 1.54) is 72.0 Å². The molecule has 0 saturated carbocycles. The van der Waals surface area contributed by atoms with Crippen LogP contribution >= 0.6 is 0 Å². The zero-order chi connectivity index (χ0) is 40.9. The first kappa shape index (κ1) is 35.6. The predicted molar refractivity (Wildman–Crippen MR) is 250 cm³/mol. The molecule has 0 fully saturated rings. The number of hydrogen-bond donors (Lipinski definition) is 0. The maximum Gasteiger partial charge on any atom is 0.138 e. The molecule has 0 amide bonds. The second-order valence-corrected chi connectivity index (χ2v) is 17.7. The molecule has 0 bridgehead atoms. The summed E-state index contributed by atoms with van der Waals surface area (Å²) in [4.78, 5) is 11.1. The van der Waals surface area contributed by atoms with E-state index in [2.05, 4.69) is 219 Å². The van der Waals surface area contributed by atoms with Crippen molar-refractivity contribution in [1.82, 2.24) is 14.5 Å². The normalized spacial score (nSPS) is 14.4. The van der Waals surface area contributed by atoms with Gasteiger partial charge >= 0.3 is 0 Å².